The van der Waals surface area contributed by atoms with Crippen LogP contribution in [0.25, 0.3) is 0 Å². The number of rotatable bonds is 5. The van der Waals surface area contributed by atoms with Crippen LogP contribution in [-0.2, 0) is 0 Å². The summed E-state index contributed by atoms with van der Waals surface area (Å²) < 4.78 is 15.9. The van der Waals surface area contributed by atoms with E-state index in [4.69, 9.17) is 19.6 Å². The Kier molecular flexibility index (Phi) is 3.84. The van der Waals surface area contributed by atoms with Gasteiger partial charge in [-0.25, -0.2) is 4.98 Å². The molecule has 0 aliphatic heterocycles. The van der Waals surface area contributed by atoms with Crippen molar-refractivity contribution in [2.24, 2.45) is 5.73 Å². The van der Waals surface area contributed by atoms with Crippen LogP contribution < -0.4 is 15.2 Å². The summed E-state index contributed by atoms with van der Waals surface area (Å²) in [5.41, 5.74) is 6.96. The SMILES string of the molecule is CCOc1ccc(C(N)c2cnco2)cc1OC. The second kappa shape index (κ2) is 5.55. The lowest BCUT2D eigenvalue weighted by Gasteiger charge is -2.13. The molecule has 1 aromatic heterocycles. The molecule has 5 heteroatoms. The largest absolute Gasteiger partial charge is 0.493 e. The topological polar surface area (TPSA) is 70.5 Å². The van der Waals surface area contributed by atoms with Crippen molar-refractivity contribution in [2.45, 2.75) is 13.0 Å². The molecule has 18 heavy (non-hydrogen) atoms. The van der Waals surface area contributed by atoms with Gasteiger partial charge < -0.3 is 19.6 Å². The maximum absolute atomic E-state index is 6.08. The van der Waals surface area contributed by atoms with Crippen LogP contribution in [0.15, 0.2) is 35.2 Å². The van der Waals surface area contributed by atoms with Crippen LogP contribution >= 0.6 is 0 Å². The molecule has 0 saturated carbocycles. The average molecular weight is 248 g/mol. The highest BCUT2D eigenvalue weighted by molar-refractivity contribution is 5.44. The van der Waals surface area contributed by atoms with E-state index in [1.54, 1.807) is 13.3 Å². The number of hydrogen-bond donors (Lipinski definition) is 1. The van der Waals surface area contributed by atoms with Crippen molar-refractivity contribution in [3.8, 4) is 11.5 Å². The predicted octanol–water partition coefficient (Wildman–Crippen LogP) is 2.13. The van der Waals surface area contributed by atoms with E-state index in [1.165, 1.54) is 6.39 Å². The first kappa shape index (κ1) is 12.4. The Morgan fingerprint density at radius 3 is 2.83 bits per heavy atom. The van der Waals surface area contributed by atoms with Crippen LogP contribution in [0.2, 0.25) is 0 Å². The van der Waals surface area contributed by atoms with E-state index in [2.05, 4.69) is 4.98 Å². The molecule has 1 unspecified atom stereocenters. The molecule has 0 aliphatic carbocycles. The second-order valence-corrected chi connectivity index (χ2v) is 3.72. The van der Waals surface area contributed by atoms with Crippen LogP contribution in [-0.4, -0.2) is 18.7 Å². The summed E-state index contributed by atoms with van der Waals surface area (Å²) in [6, 6.07) is 5.21. The van der Waals surface area contributed by atoms with Crippen LogP contribution in [0.3, 0.4) is 0 Å². The van der Waals surface area contributed by atoms with E-state index in [9.17, 15) is 0 Å². The van der Waals surface area contributed by atoms with Gasteiger partial charge in [-0.3, -0.25) is 0 Å². The molecule has 2 aromatic rings. The number of methoxy groups -OCH3 is 1. The fraction of sp³-hybridized carbons (Fsp3) is 0.308. The maximum Gasteiger partial charge on any atom is 0.180 e. The van der Waals surface area contributed by atoms with Gasteiger partial charge in [0, 0.05) is 0 Å². The molecule has 2 rings (SSSR count). The highest BCUT2D eigenvalue weighted by Gasteiger charge is 2.15. The molecule has 0 spiro atoms. The Morgan fingerprint density at radius 1 is 1.39 bits per heavy atom. The Bertz CT molecular complexity index is 497. The summed E-state index contributed by atoms with van der Waals surface area (Å²) in [7, 11) is 1.60. The number of oxazole rings is 1. The van der Waals surface area contributed by atoms with Gasteiger partial charge in [0.25, 0.3) is 0 Å². The van der Waals surface area contributed by atoms with Gasteiger partial charge in [0.2, 0.25) is 0 Å². The summed E-state index contributed by atoms with van der Waals surface area (Å²) in [6.45, 7) is 2.51. The Labute approximate surface area is 106 Å². The number of hydrogen-bond acceptors (Lipinski definition) is 5. The Balaban J connectivity index is 2.29. The molecular weight excluding hydrogens is 232 g/mol. The van der Waals surface area contributed by atoms with Gasteiger partial charge in [0.05, 0.1) is 26.0 Å². The third kappa shape index (κ3) is 2.46. The maximum atomic E-state index is 6.08. The lowest BCUT2D eigenvalue weighted by molar-refractivity contribution is 0.310. The number of aromatic nitrogens is 1. The molecule has 1 atom stereocenters. The van der Waals surface area contributed by atoms with Crippen LogP contribution in [0, 0.1) is 0 Å². The quantitative estimate of drug-likeness (QED) is 0.877. The van der Waals surface area contributed by atoms with Gasteiger partial charge in [0.15, 0.2) is 17.9 Å². The average Bonchev–Trinajstić information content (AvgIpc) is 2.92. The minimum absolute atomic E-state index is 0.364. The first-order valence-corrected chi connectivity index (χ1v) is 5.71. The molecule has 2 N–H and O–H groups in total. The van der Waals surface area contributed by atoms with Crippen molar-refractivity contribution in [1.29, 1.82) is 0 Å². The van der Waals surface area contributed by atoms with Gasteiger partial charge in [-0.15, -0.1) is 0 Å². The highest BCUT2D eigenvalue weighted by Crippen LogP contribution is 2.31. The lowest BCUT2D eigenvalue weighted by atomic mass is 10.1. The zero-order valence-electron chi connectivity index (χ0n) is 10.4. The van der Waals surface area contributed by atoms with Gasteiger partial charge in [-0.2, -0.15) is 0 Å². The second-order valence-electron chi connectivity index (χ2n) is 3.72. The van der Waals surface area contributed by atoms with Crippen LogP contribution in [0.5, 0.6) is 11.5 Å². The summed E-state index contributed by atoms with van der Waals surface area (Å²) in [5, 5.41) is 0. The molecule has 0 aliphatic rings. The van der Waals surface area contributed by atoms with Gasteiger partial charge in [-0.05, 0) is 24.6 Å². The number of ether oxygens (including phenoxy) is 2. The van der Waals surface area contributed by atoms with Crippen molar-refractivity contribution >= 4 is 0 Å². The van der Waals surface area contributed by atoms with Gasteiger partial charge >= 0.3 is 0 Å². The van der Waals surface area contributed by atoms with E-state index < -0.39 is 0 Å². The normalized spacial score (nSPS) is 12.2. The Morgan fingerprint density at radius 2 is 2.22 bits per heavy atom. The highest BCUT2D eigenvalue weighted by atomic mass is 16.5. The van der Waals surface area contributed by atoms with Crippen molar-refractivity contribution in [3.05, 3.63) is 42.1 Å². The van der Waals surface area contributed by atoms with Crippen LogP contribution in [0.1, 0.15) is 24.3 Å². The fourth-order valence-electron chi connectivity index (χ4n) is 1.70. The smallest absolute Gasteiger partial charge is 0.180 e. The number of benzene rings is 1. The third-order valence-corrected chi connectivity index (χ3v) is 2.60. The van der Waals surface area contributed by atoms with E-state index in [1.807, 2.05) is 25.1 Å². The first-order chi connectivity index (χ1) is 8.76. The standard InChI is InChI=1S/C13H16N2O3/c1-3-17-10-5-4-9(6-11(10)16-2)13(14)12-7-15-8-18-12/h4-8,13H,3,14H2,1-2H3. The number of nitrogens with zero attached hydrogens (tertiary/aromatic N) is 1. The predicted molar refractivity (Wildman–Crippen MR) is 66.7 cm³/mol. The van der Waals surface area contributed by atoms with Crippen LogP contribution in [0.4, 0.5) is 0 Å². The zero-order valence-corrected chi connectivity index (χ0v) is 10.4. The monoisotopic (exact) mass is 248 g/mol. The summed E-state index contributed by atoms with van der Waals surface area (Å²) in [6.07, 6.45) is 2.97. The summed E-state index contributed by atoms with van der Waals surface area (Å²) in [5.74, 6) is 1.97. The molecule has 0 fully saturated rings. The molecule has 0 amide bonds. The van der Waals surface area contributed by atoms with Crippen molar-refractivity contribution in [1.82, 2.24) is 4.98 Å². The minimum atomic E-state index is -0.364. The van der Waals surface area contributed by atoms with E-state index in [0.29, 0.717) is 23.9 Å². The fourth-order valence-corrected chi connectivity index (χ4v) is 1.70. The van der Waals surface area contributed by atoms with Gasteiger partial charge in [-0.1, -0.05) is 6.07 Å². The van der Waals surface area contributed by atoms with Crippen molar-refractivity contribution in [2.75, 3.05) is 13.7 Å². The molecule has 96 valence electrons. The summed E-state index contributed by atoms with van der Waals surface area (Å²) >= 11 is 0. The van der Waals surface area contributed by atoms with Crippen molar-refractivity contribution in [3.63, 3.8) is 0 Å². The van der Waals surface area contributed by atoms with Gasteiger partial charge in [0.1, 0.15) is 5.76 Å². The molecule has 1 heterocycles. The molecule has 0 saturated heterocycles. The van der Waals surface area contributed by atoms with Crippen molar-refractivity contribution < 1.29 is 13.9 Å². The third-order valence-electron chi connectivity index (χ3n) is 2.60. The molecule has 0 radical (unpaired) electrons. The molecular formula is C13H16N2O3. The molecule has 1 aromatic carbocycles. The minimum Gasteiger partial charge on any atom is -0.493 e. The van der Waals surface area contributed by atoms with E-state index in [-0.39, 0.29) is 6.04 Å². The lowest BCUT2D eigenvalue weighted by Crippen LogP contribution is -2.11. The summed E-state index contributed by atoms with van der Waals surface area (Å²) in [4.78, 5) is 3.86. The molecule has 5 nitrogen and oxygen atoms in total. The number of nitrogens with two attached hydrogens (primary N) is 1. The van der Waals surface area contributed by atoms with E-state index in [0.717, 1.165) is 5.56 Å². The Hall–Kier alpha value is -2.01. The molecule has 0 bridgehead atoms. The first-order valence-electron chi connectivity index (χ1n) is 5.71. The zero-order chi connectivity index (χ0) is 13.0. The van der Waals surface area contributed by atoms with E-state index >= 15 is 0 Å².